The first kappa shape index (κ1) is 21.9. The lowest BCUT2D eigenvalue weighted by Crippen LogP contribution is -2.47. The molecule has 2 aromatic carbocycles. The molecule has 2 aromatic rings. The Morgan fingerprint density at radius 1 is 0.588 bits per heavy atom. The Labute approximate surface area is 203 Å². The molecule has 178 valence electrons. The third-order valence-electron chi connectivity index (χ3n) is 8.35. The second kappa shape index (κ2) is 7.44. The standard InChI is InChI=1S/C30H36N2O2/c1-29(2,3)21-15-33-27(31-21)25-23-17-11-7-9-13-19(17)24(20-14-10-8-12-18(20)23)26(25)28-32-22(16-34-28)30(4,5)6/h7-14,21-26H,15-16H2,1-6H3/t21?,22?,23?,24?,25-,26-/m1/s1. The van der Waals surface area contributed by atoms with E-state index in [1.807, 2.05) is 0 Å². The third kappa shape index (κ3) is 3.25. The second-order valence-electron chi connectivity index (χ2n) is 12.6. The topological polar surface area (TPSA) is 43.2 Å². The normalized spacial score (nSPS) is 31.8. The molecular weight excluding hydrogens is 420 g/mol. The van der Waals surface area contributed by atoms with E-state index < -0.39 is 0 Å². The van der Waals surface area contributed by atoms with Gasteiger partial charge in [0.25, 0.3) is 0 Å². The van der Waals surface area contributed by atoms with E-state index in [1.54, 1.807) is 0 Å². The maximum absolute atomic E-state index is 6.44. The molecular formula is C30H36N2O2. The lowest BCUT2D eigenvalue weighted by atomic mass is 9.54. The summed E-state index contributed by atoms with van der Waals surface area (Å²) in [6.45, 7) is 14.8. The van der Waals surface area contributed by atoms with Crippen LogP contribution in [0.15, 0.2) is 58.5 Å². The van der Waals surface area contributed by atoms with E-state index in [1.165, 1.54) is 22.3 Å². The Kier molecular flexibility index (Phi) is 4.79. The van der Waals surface area contributed by atoms with Crippen molar-refractivity contribution >= 4 is 11.8 Å². The predicted molar refractivity (Wildman–Crippen MR) is 137 cm³/mol. The molecule has 0 aromatic heterocycles. The first-order valence-corrected chi connectivity index (χ1v) is 12.7. The number of ether oxygens (including phenoxy) is 2. The molecule has 2 bridgehead atoms. The summed E-state index contributed by atoms with van der Waals surface area (Å²) in [4.78, 5) is 10.4. The molecule has 3 aliphatic carbocycles. The maximum atomic E-state index is 6.44. The van der Waals surface area contributed by atoms with Gasteiger partial charge in [0.2, 0.25) is 0 Å². The van der Waals surface area contributed by atoms with Gasteiger partial charge in [-0.2, -0.15) is 0 Å². The van der Waals surface area contributed by atoms with Gasteiger partial charge in [-0.3, -0.25) is 0 Å². The fraction of sp³-hybridized carbons (Fsp3) is 0.533. The minimum absolute atomic E-state index is 0.0689. The predicted octanol–water partition coefficient (Wildman–Crippen LogP) is 6.20. The highest BCUT2D eigenvalue weighted by Crippen LogP contribution is 2.60. The number of nitrogens with zero attached hydrogens (tertiary/aromatic N) is 2. The van der Waals surface area contributed by atoms with Crippen LogP contribution >= 0.6 is 0 Å². The Morgan fingerprint density at radius 2 is 0.912 bits per heavy atom. The van der Waals surface area contributed by atoms with Crippen LogP contribution in [0, 0.1) is 22.7 Å². The summed E-state index contributed by atoms with van der Waals surface area (Å²) in [5.74, 6) is 2.38. The summed E-state index contributed by atoms with van der Waals surface area (Å²) in [6.07, 6.45) is 0. The minimum atomic E-state index is 0.0689. The number of fused-ring (bicyclic) bond motifs is 1. The molecule has 0 spiro atoms. The van der Waals surface area contributed by atoms with Crippen molar-refractivity contribution < 1.29 is 9.47 Å². The van der Waals surface area contributed by atoms with Crippen molar-refractivity contribution in [3.63, 3.8) is 0 Å². The average molecular weight is 457 g/mol. The van der Waals surface area contributed by atoms with Gasteiger partial charge < -0.3 is 9.47 Å². The van der Waals surface area contributed by atoms with E-state index in [9.17, 15) is 0 Å². The zero-order valence-electron chi connectivity index (χ0n) is 21.2. The fourth-order valence-electron chi connectivity index (χ4n) is 6.31. The van der Waals surface area contributed by atoms with Crippen LogP contribution in [-0.2, 0) is 9.47 Å². The van der Waals surface area contributed by atoms with Crippen molar-refractivity contribution in [3.05, 3.63) is 70.8 Å². The number of rotatable bonds is 2. The van der Waals surface area contributed by atoms with Crippen LogP contribution in [0.3, 0.4) is 0 Å². The zero-order chi connectivity index (χ0) is 23.8. The van der Waals surface area contributed by atoms with Gasteiger partial charge in [0.15, 0.2) is 11.8 Å². The van der Waals surface area contributed by atoms with Crippen molar-refractivity contribution in [2.24, 2.45) is 32.7 Å². The van der Waals surface area contributed by atoms with Crippen LogP contribution in [-0.4, -0.2) is 37.1 Å². The summed E-state index contributed by atoms with van der Waals surface area (Å²) < 4.78 is 12.9. The van der Waals surface area contributed by atoms with Gasteiger partial charge in [0.05, 0.1) is 23.9 Å². The molecule has 2 unspecified atom stereocenters. The molecule has 0 fully saturated rings. The van der Waals surface area contributed by atoms with Crippen molar-refractivity contribution in [2.75, 3.05) is 13.2 Å². The Balaban J connectivity index is 1.55. The van der Waals surface area contributed by atoms with E-state index in [0.29, 0.717) is 13.2 Å². The van der Waals surface area contributed by atoms with E-state index in [2.05, 4.69) is 90.1 Å². The number of aliphatic imine (C=N–C) groups is 2. The molecule has 5 aliphatic rings. The Bertz CT molecular complexity index is 1040. The molecule has 7 rings (SSSR count). The molecule has 2 heterocycles. The van der Waals surface area contributed by atoms with Crippen LogP contribution < -0.4 is 0 Å². The van der Waals surface area contributed by atoms with Crippen molar-refractivity contribution in [1.29, 1.82) is 0 Å². The van der Waals surface area contributed by atoms with Gasteiger partial charge in [-0.15, -0.1) is 0 Å². The summed E-state index contributed by atoms with van der Waals surface area (Å²) in [6, 6.07) is 18.2. The van der Waals surface area contributed by atoms with Crippen LogP contribution in [0.2, 0.25) is 0 Å². The SMILES string of the molecule is CC(C)(C)C1COC([C@@H]2C3c4ccccc4C(c4ccccc43)[C@H]2C2=NC(C(C)(C)C)CO2)=N1. The first-order chi connectivity index (χ1) is 16.1. The summed E-state index contributed by atoms with van der Waals surface area (Å²) in [7, 11) is 0. The van der Waals surface area contributed by atoms with Crippen LogP contribution in [0.4, 0.5) is 0 Å². The van der Waals surface area contributed by atoms with Gasteiger partial charge in [0, 0.05) is 11.8 Å². The Morgan fingerprint density at radius 3 is 1.18 bits per heavy atom. The molecule has 4 nitrogen and oxygen atoms in total. The molecule has 0 saturated heterocycles. The highest BCUT2D eigenvalue weighted by atomic mass is 16.5. The molecule has 0 radical (unpaired) electrons. The molecule has 4 heteroatoms. The minimum Gasteiger partial charge on any atom is -0.478 e. The zero-order valence-corrected chi connectivity index (χ0v) is 21.2. The maximum Gasteiger partial charge on any atom is 0.188 e. The number of benzene rings is 2. The van der Waals surface area contributed by atoms with Crippen molar-refractivity contribution in [1.82, 2.24) is 0 Å². The summed E-state index contributed by atoms with van der Waals surface area (Å²) in [5.41, 5.74) is 5.76. The highest BCUT2D eigenvalue weighted by molar-refractivity contribution is 5.93. The molecule has 2 aliphatic heterocycles. The van der Waals surface area contributed by atoms with E-state index >= 15 is 0 Å². The van der Waals surface area contributed by atoms with Gasteiger partial charge in [-0.1, -0.05) is 90.1 Å². The van der Waals surface area contributed by atoms with Gasteiger partial charge >= 0.3 is 0 Å². The van der Waals surface area contributed by atoms with Crippen molar-refractivity contribution in [2.45, 2.75) is 65.5 Å². The van der Waals surface area contributed by atoms with Crippen LogP contribution in [0.1, 0.15) is 75.6 Å². The lowest BCUT2D eigenvalue weighted by Gasteiger charge is -2.49. The smallest absolute Gasteiger partial charge is 0.188 e. The monoisotopic (exact) mass is 456 g/mol. The summed E-state index contributed by atoms with van der Waals surface area (Å²) in [5, 5.41) is 0. The highest BCUT2D eigenvalue weighted by Gasteiger charge is 2.56. The second-order valence-corrected chi connectivity index (χ2v) is 12.6. The number of hydrogen-bond donors (Lipinski definition) is 0. The van der Waals surface area contributed by atoms with Gasteiger partial charge in [-0.05, 0) is 33.1 Å². The molecule has 0 saturated carbocycles. The first-order valence-electron chi connectivity index (χ1n) is 12.7. The van der Waals surface area contributed by atoms with Gasteiger partial charge in [0.1, 0.15) is 13.2 Å². The van der Waals surface area contributed by atoms with E-state index in [4.69, 9.17) is 19.5 Å². The lowest BCUT2D eigenvalue weighted by molar-refractivity contribution is 0.202. The van der Waals surface area contributed by atoms with Crippen LogP contribution in [0.25, 0.3) is 0 Å². The molecule has 4 atom stereocenters. The molecule has 0 N–H and O–H groups in total. The Hall–Kier alpha value is -2.62. The quantitative estimate of drug-likeness (QED) is 0.540. The fourth-order valence-corrected chi connectivity index (χ4v) is 6.31. The number of hydrogen-bond acceptors (Lipinski definition) is 4. The largest absolute Gasteiger partial charge is 0.478 e. The average Bonchev–Trinajstić information content (AvgIpc) is 3.48. The van der Waals surface area contributed by atoms with Gasteiger partial charge in [-0.25, -0.2) is 9.98 Å². The molecule has 34 heavy (non-hydrogen) atoms. The third-order valence-corrected chi connectivity index (χ3v) is 8.35. The summed E-state index contributed by atoms with van der Waals surface area (Å²) >= 11 is 0. The van der Waals surface area contributed by atoms with Crippen LogP contribution in [0.5, 0.6) is 0 Å². The molecule has 0 amide bonds. The van der Waals surface area contributed by atoms with E-state index in [-0.39, 0.29) is 46.6 Å². The van der Waals surface area contributed by atoms with E-state index in [0.717, 1.165) is 11.8 Å². The van der Waals surface area contributed by atoms with Crippen molar-refractivity contribution in [3.8, 4) is 0 Å².